The quantitative estimate of drug-likeness (QED) is 0.150. The summed E-state index contributed by atoms with van der Waals surface area (Å²) in [6, 6.07) is 24.6. The van der Waals surface area contributed by atoms with E-state index in [0.717, 1.165) is 32.7 Å². The Morgan fingerprint density at radius 2 is 1.54 bits per heavy atom. The van der Waals surface area contributed by atoms with E-state index in [-0.39, 0.29) is 18.6 Å². The summed E-state index contributed by atoms with van der Waals surface area (Å²) in [6.07, 6.45) is -5.26. The van der Waals surface area contributed by atoms with Crippen LogP contribution in [0.5, 0.6) is 0 Å². The highest BCUT2D eigenvalue weighted by atomic mass is 35.5. The molecule has 210 valence electrons. The van der Waals surface area contributed by atoms with Crippen LogP contribution in [0.1, 0.15) is 52.2 Å². The van der Waals surface area contributed by atoms with E-state index in [4.69, 9.17) is 11.6 Å². The molecule has 5 aromatic rings. The molecule has 0 amide bonds. The molecule has 1 heterocycles. The fourth-order valence-electron chi connectivity index (χ4n) is 5.79. The Morgan fingerprint density at radius 3 is 2.22 bits per heavy atom. The Kier molecular flexibility index (Phi) is 8.62. The third kappa shape index (κ3) is 6.24. The molecular formula is C34H28ClF3O2S. The van der Waals surface area contributed by atoms with Crippen molar-refractivity contribution in [2.45, 2.75) is 44.7 Å². The predicted octanol–water partition coefficient (Wildman–Crippen LogP) is 10.1. The van der Waals surface area contributed by atoms with Gasteiger partial charge in [0.15, 0.2) is 11.6 Å². The average molecular weight is 593 g/mol. The molecule has 1 aromatic heterocycles. The van der Waals surface area contributed by atoms with Crippen LogP contribution >= 0.6 is 22.9 Å². The highest BCUT2D eigenvalue weighted by Crippen LogP contribution is 2.44. The van der Waals surface area contributed by atoms with Gasteiger partial charge in [-0.25, -0.2) is 0 Å². The van der Waals surface area contributed by atoms with E-state index in [2.05, 4.69) is 0 Å². The van der Waals surface area contributed by atoms with E-state index < -0.39 is 30.2 Å². The van der Waals surface area contributed by atoms with Crippen LogP contribution in [0.4, 0.5) is 13.2 Å². The summed E-state index contributed by atoms with van der Waals surface area (Å²) in [6.45, 7) is 1.90. The molecule has 7 heteroatoms. The molecule has 41 heavy (non-hydrogen) atoms. The molecule has 2 nitrogen and oxygen atoms in total. The number of hydrogen-bond donors (Lipinski definition) is 0. The molecule has 1 aliphatic carbocycles. The van der Waals surface area contributed by atoms with Crippen molar-refractivity contribution in [1.29, 1.82) is 0 Å². The maximum Gasteiger partial charge on any atom is 0.389 e. The van der Waals surface area contributed by atoms with Gasteiger partial charge in [-0.2, -0.15) is 24.5 Å². The molecule has 0 fully saturated rings. The van der Waals surface area contributed by atoms with Gasteiger partial charge in [-0.05, 0) is 81.2 Å². The molecule has 1 aliphatic rings. The zero-order valence-electron chi connectivity index (χ0n) is 22.4. The van der Waals surface area contributed by atoms with Crippen molar-refractivity contribution in [2.24, 2.45) is 5.92 Å². The minimum atomic E-state index is -4.39. The van der Waals surface area contributed by atoms with Gasteiger partial charge in [0.2, 0.25) is 0 Å². The van der Waals surface area contributed by atoms with Gasteiger partial charge in [0, 0.05) is 22.9 Å². The van der Waals surface area contributed by atoms with Crippen LogP contribution in [0.3, 0.4) is 0 Å². The van der Waals surface area contributed by atoms with Crippen LogP contribution in [0.15, 0.2) is 89.6 Å². The Morgan fingerprint density at radius 1 is 0.829 bits per heavy atom. The normalized spacial score (nSPS) is 16.9. The Hall–Kier alpha value is -3.48. The number of benzene rings is 4. The number of alkyl halides is 3. The zero-order valence-corrected chi connectivity index (χ0v) is 24.0. The fraction of sp³-hybridized carbons (Fsp3) is 0.235. The lowest BCUT2D eigenvalue weighted by molar-refractivity contribution is -0.139. The molecule has 6 rings (SSSR count). The lowest BCUT2D eigenvalue weighted by Crippen LogP contribution is -2.36. The van der Waals surface area contributed by atoms with Crippen LogP contribution in [0, 0.1) is 12.8 Å². The van der Waals surface area contributed by atoms with Crippen LogP contribution in [-0.2, 0) is 11.2 Å². The fourth-order valence-corrected chi connectivity index (χ4v) is 6.47. The van der Waals surface area contributed by atoms with Crippen molar-refractivity contribution in [2.75, 3.05) is 0 Å². The van der Waals surface area contributed by atoms with Gasteiger partial charge >= 0.3 is 6.18 Å². The molecule has 0 spiro atoms. The van der Waals surface area contributed by atoms with Crippen LogP contribution < -0.4 is 0 Å². The van der Waals surface area contributed by atoms with Gasteiger partial charge in [0.1, 0.15) is 0 Å². The van der Waals surface area contributed by atoms with Crippen molar-refractivity contribution >= 4 is 56.0 Å². The number of rotatable bonds is 5. The third-order valence-corrected chi connectivity index (χ3v) is 8.68. The third-order valence-electron chi connectivity index (χ3n) is 7.68. The van der Waals surface area contributed by atoms with Crippen molar-refractivity contribution in [3.05, 3.63) is 117 Å². The van der Waals surface area contributed by atoms with E-state index in [1.807, 2.05) is 78.3 Å². The first kappa shape index (κ1) is 29.0. The largest absolute Gasteiger partial charge is 0.389 e. The highest BCUT2D eigenvalue weighted by molar-refractivity contribution is 7.07. The molecule has 4 aromatic carbocycles. The molecule has 2 atom stereocenters. The second-order valence-electron chi connectivity index (χ2n) is 10.3. The van der Waals surface area contributed by atoms with Gasteiger partial charge in [-0.3, -0.25) is 9.59 Å². The Bertz CT molecular complexity index is 1690. The maximum atomic E-state index is 13.9. The molecule has 2 unspecified atom stereocenters. The summed E-state index contributed by atoms with van der Waals surface area (Å²) in [5.74, 6) is -2.73. The highest BCUT2D eigenvalue weighted by Gasteiger charge is 2.43. The van der Waals surface area contributed by atoms with Crippen LogP contribution in [0.2, 0.25) is 5.02 Å². The first-order valence-electron chi connectivity index (χ1n) is 13.5. The Balaban J connectivity index is 0.000000610. The first-order chi connectivity index (χ1) is 19.7. The molecular weight excluding hydrogens is 565 g/mol. The standard InChI is InChI=1S/C30H24ClF3O2.C4H4S/c1-17-16-19-7-2-4-8-20(19)21-12-13-22-23(14-15-30(32,33)34)28(35)24(29(36)27(22)26(17)21)11-10-18-6-3-5-9-25(18)31;1-2-4-5-3-1/h2-9,12-13,16,23-24H,10-11,14-15H2,1H3;1-4H. The first-order valence-corrected chi connectivity index (χ1v) is 14.8. The molecule has 0 bridgehead atoms. The van der Waals surface area contributed by atoms with Crippen molar-refractivity contribution < 1.29 is 22.8 Å². The van der Waals surface area contributed by atoms with Gasteiger partial charge in [-0.1, -0.05) is 84.4 Å². The lowest BCUT2D eigenvalue weighted by Gasteiger charge is -2.31. The maximum absolute atomic E-state index is 13.9. The summed E-state index contributed by atoms with van der Waals surface area (Å²) >= 11 is 8.00. The van der Waals surface area contributed by atoms with Gasteiger partial charge in [0.05, 0.1) is 5.92 Å². The van der Waals surface area contributed by atoms with Crippen LogP contribution in [-0.4, -0.2) is 17.7 Å². The number of carbonyl (C=O) groups excluding carboxylic acids is 2. The van der Waals surface area contributed by atoms with E-state index in [1.165, 1.54) is 0 Å². The number of fused-ring (bicyclic) bond motifs is 5. The van der Waals surface area contributed by atoms with E-state index in [1.54, 1.807) is 29.5 Å². The van der Waals surface area contributed by atoms with Crippen LogP contribution in [0.25, 0.3) is 21.5 Å². The average Bonchev–Trinajstić information content (AvgIpc) is 3.53. The summed E-state index contributed by atoms with van der Waals surface area (Å²) < 4.78 is 39.6. The number of thiophene rings is 1. The number of Topliss-reactive ketones (excluding diaryl/α,β-unsaturated/α-hetero) is 2. The number of carbonyl (C=O) groups is 2. The molecule has 0 N–H and O–H groups in total. The lowest BCUT2D eigenvalue weighted by atomic mass is 9.70. The predicted molar refractivity (Wildman–Crippen MR) is 161 cm³/mol. The van der Waals surface area contributed by atoms with E-state index in [9.17, 15) is 22.8 Å². The summed E-state index contributed by atoms with van der Waals surface area (Å²) in [7, 11) is 0. The summed E-state index contributed by atoms with van der Waals surface area (Å²) in [5, 5.41) is 8.20. The van der Waals surface area contributed by atoms with Crippen molar-refractivity contribution in [1.82, 2.24) is 0 Å². The SMILES string of the molecule is Cc1cc2ccccc2c2ccc3c(c12)C(=O)C(CCc1ccccc1Cl)C(=O)C3CCC(F)(F)F.c1ccsc1. The second kappa shape index (κ2) is 12.2. The minimum absolute atomic E-state index is 0.201. The number of ketones is 2. The molecule has 0 saturated carbocycles. The Labute approximate surface area is 245 Å². The monoisotopic (exact) mass is 592 g/mol. The molecule has 0 aliphatic heterocycles. The summed E-state index contributed by atoms with van der Waals surface area (Å²) in [4.78, 5) is 27.4. The van der Waals surface area contributed by atoms with Crippen molar-refractivity contribution in [3.8, 4) is 0 Å². The topological polar surface area (TPSA) is 34.1 Å². The number of aryl methyl sites for hydroxylation is 2. The second-order valence-corrected chi connectivity index (χ2v) is 11.5. The number of hydrogen-bond acceptors (Lipinski definition) is 3. The van der Waals surface area contributed by atoms with E-state index in [0.29, 0.717) is 22.6 Å². The van der Waals surface area contributed by atoms with Crippen molar-refractivity contribution in [3.63, 3.8) is 0 Å². The zero-order chi connectivity index (χ0) is 29.1. The minimum Gasteiger partial charge on any atom is -0.298 e. The van der Waals surface area contributed by atoms with Gasteiger partial charge in [0.25, 0.3) is 0 Å². The van der Waals surface area contributed by atoms with Gasteiger partial charge < -0.3 is 0 Å². The van der Waals surface area contributed by atoms with E-state index >= 15 is 0 Å². The smallest absolute Gasteiger partial charge is 0.298 e. The molecule has 0 saturated heterocycles. The molecule has 0 radical (unpaired) electrons. The number of halogens is 4. The summed E-state index contributed by atoms with van der Waals surface area (Å²) in [5.41, 5.74) is 2.47. The van der Waals surface area contributed by atoms with Gasteiger partial charge in [-0.15, -0.1) is 0 Å².